The standard InChI is InChI=1S/C18H20FN3O/c19-15-8-4-5-13(11-15)9-10-20-18(23)16-12-21-22-17(16)14-6-2-1-3-7-14/h1-8,11,16-17,21-22H,9-10,12H2,(H,20,23). The second kappa shape index (κ2) is 7.35. The second-order valence-electron chi connectivity index (χ2n) is 5.69. The zero-order valence-electron chi connectivity index (χ0n) is 12.8. The zero-order chi connectivity index (χ0) is 16.1. The molecule has 0 spiro atoms. The summed E-state index contributed by atoms with van der Waals surface area (Å²) in [6, 6.07) is 16.3. The molecule has 2 aromatic carbocycles. The van der Waals surface area contributed by atoms with E-state index in [1.807, 2.05) is 36.4 Å². The maximum absolute atomic E-state index is 13.1. The highest BCUT2D eigenvalue weighted by Gasteiger charge is 2.33. The van der Waals surface area contributed by atoms with Gasteiger partial charge < -0.3 is 5.32 Å². The molecule has 0 aromatic heterocycles. The molecule has 1 heterocycles. The number of hydrogen-bond acceptors (Lipinski definition) is 3. The quantitative estimate of drug-likeness (QED) is 0.791. The molecule has 1 aliphatic heterocycles. The Balaban J connectivity index is 1.55. The molecular weight excluding hydrogens is 293 g/mol. The fourth-order valence-corrected chi connectivity index (χ4v) is 2.87. The number of benzene rings is 2. The Morgan fingerprint density at radius 1 is 1.17 bits per heavy atom. The van der Waals surface area contributed by atoms with E-state index in [1.54, 1.807) is 6.07 Å². The van der Waals surface area contributed by atoms with Crippen molar-refractivity contribution in [3.63, 3.8) is 0 Å². The van der Waals surface area contributed by atoms with Crippen molar-refractivity contribution < 1.29 is 9.18 Å². The van der Waals surface area contributed by atoms with Crippen LogP contribution in [0.15, 0.2) is 54.6 Å². The Kier molecular flexibility index (Phi) is 5.00. The van der Waals surface area contributed by atoms with Gasteiger partial charge in [0.2, 0.25) is 5.91 Å². The van der Waals surface area contributed by atoms with Crippen LogP contribution in [-0.4, -0.2) is 19.0 Å². The Morgan fingerprint density at radius 3 is 2.78 bits per heavy atom. The molecule has 0 saturated carbocycles. The third kappa shape index (κ3) is 3.94. The second-order valence-corrected chi connectivity index (χ2v) is 5.69. The Bertz CT molecular complexity index is 662. The van der Waals surface area contributed by atoms with Crippen LogP contribution in [-0.2, 0) is 11.2 Å². The molecule has 2 aromatic rings. The lowest BCUT2D eigenvalue weighted by molar-refractivity contribution is -0.124. The summed E-state index contributed by atoms with van der Waals surface area (Å²) < 4.78 is 13.1. The van der Waals surface area contributed by atoms with E-state index in [4.69, 9.17) is 0 Å². The van der Waals surface area contributed by atoms with Crippen LogP contribution in [0.4, 0.5) is 4.39 Å². The van der Waals surface area contributed by atoms with Gasteiger partial charge in [0.1, 0.15) is 5.82 Å². The van der Waals surface area contributed by atoms with E-state index in [-0.39, 0.29) is 23.7 Å². The molecule has 0 bridgehead atoms. The molecule has 3 rings (SSSR count). The Morgan fingerprint density at radius 2 is 2.00 bits per heavy atom. The number of halogens is 1. The van der Waals surface area contributed by atoms with E-state index < -0.39 is 0 Å². The van der Waals surface area contributed by atoms with Gasteiger partial charge in [0.25, 0.3) is 0 Å². The number of rotatable bonds is 5. The van der Waals surface area contributed by atoms with Crippen LogP contribution in [0, 0.1) is 11.7 Å². The summed E-state index contributed by atoms with van der Waals surface area (Å²) in [5.41, 5.74) is 8.18. The van der Waals surface area contributed by atoms with Gasteiger partial charge in [0.15, 0.2) is 0 Å². The Hall–Kier alpha value is -2.24. The van der Waals surface area contributed by atoms with Crippen molar-refractivity contribution in [1.29, 1.82) is 0 Å². The predicted molar refractivity (Wildman–Crippen MR) is 86.9 cm³/mol. The molecule has 2 atom stereocenters. The SMILES string of the molecule is O=C(NCCc1cccc(F)c1)C1CNNC1c1ccccc1. The molecule has 0 aliphatic carbocycles. The van der Waals surface area contributed by atoms with Crippen molar-refractivity contribution in [3.05, 3.63) is 71.5 Å². The molecule has 0 radical (unpaired) electrons. The molecule has 120 valence electrons. The molecule has 1 saturated heterocycles. The topological polar surface area (TPSA) is 53.2 Å². The maximum atomic E-state index is 13.1. The first-order valence-electron chi connectivity index (χ1n) is 7.79. The molecule has 1 amide bonds. The molecule has 5 heteroatoms. The van der Waals surface area contributed by atoms with Gasteiger partial charge in [-0.25, -0.2) is 9.82 Å². The number of carbonyl (C=O) groups is 1. The minimum absolute atomic E-state index is 0.00718. The summed E-state index contributed by atoms with van der Waals surface area (Å²) in [7, 11) is 0. The predicted octanol–water partition coefficient (Wildman–Crippen LogP) is 1.95. The average Bonchev–Trinajstić information content (AvgIpc) is 3.05. The van der Waals surface area contributed by atoms with E-state index in [2.05, 4.69) is 16.2 Å². The van der Waals surface area contributed by atoms with Gasteiger partial charge in [-0.15, -0.1) is 0 Å². The van der Waals surface area contributed by atoms with Crippen molar-refractivity contribution in [2.75, 3.05) is 13.1 Å². The van der Waals surface area contributed by atoms with E-state index in [0.29, 0.717) is 19.5 Å². The first-order chi connectivity index (χ1) is 11.2. The fourth-order valence-electron chi connectivity index (χ4n) is 2.87. The zero-order valence-corrected chi connectivity index (χ0v) is 12.8. The number of amides is 1. The summed E-state index contributed by atoms with van der Waals surface area (Å²) in [6.45, 7) is 1.09. The van der Waals surface area contributed by atoms with Crippen molar-refractivity contribution >= 4 is 5.91 Å². The van der Waals surface area contributed by atoms with Crippen molar-refractivity contribution in [2.24, 2.45) is 5.92 Å². The van der Waals surface area contributed by atoms with Gasteiger partial charge in [0.05, 0.1) is 12.0 Å². The highest BCUT2D eigenvalue weighted by molar-refractivity contribution is 5.80. The van der Waals surface area contributed by atoms with E-state index in [9.17, 15) is 9.18 Å². The molecule has 23 heavy (non-hydrogen) atoms. The minimum atomic E-state index is -0.248. The van der Waals surface area contributed by atoms with E-state index in [0.717, 1.165) is 11.1 Å². The van der Waals surface area contributed by atoms with Gasteiger partial charge in [-0.3, -0.25) is 10.2 Å². The molecule has 1 fully saturated rings. The van der Waals surface area contributed by atoms with Gasteiger partial charge in [-0.1, -0.05) is 42.5 Å². The number of carbonyl (C=O) groups excluding carboxylic acids is 1. The van der Waals surface area contributed by atoms with Gasteiger partial charge >= 0.3 is 0 Å². The minimum Gasteiger partial charge on any atom is -0.355 e. The number of nitrogens with one attached hydrogen (secondary N) is 3. The molecule has 3 N–H and O–H groups in total. The smallest absolute Gasteiger partial charge is 0.226 e. The lowest BCUT2D eigenvalue weighted by Crippen LogP contribution is -2.36. The summed E-state index contributed by atoms with van der Waals surface area (Å²) in [5.74, 6) is -0.403. The van der Waals surface area contributed by atoms with Crippen LogP contribution in [0.5, 0.6) is 0 Å². The normalized spacial score (nSPS) is 20.4. The summed E-state index contributed by atoms with van der Waals surface area (Å²) in [6.07, 6.45) is 0.618. The summed E-state index contributed by atoms with van der Waals surface area (Å²) in [5, 5.41) is 2.95. The van der Waals surface area contributed by atoms with Gasteiger partial charge in [-0.2, -0.15) is 0 Å². The molecule has 2 unspecified atom stereocenters. The van der Waals surface area contributed by atoms with Gasteiger partial charge in [0, 0.05) is 13.1 Å². The monoisotopic (exact) mass is 313 g/mol. The Labute approximate surface area is 135 Å². The lowest BCUT2D eigenvalue weighted by Gasteiger charge is -2.18. The largest absolute Gasteiger partial charge is 0.355 e. The van der Waals surface area contributed by atoms with Crippen molar-refractivity contribution in [3.8, 4) is 0 Å². The van der Waals surface area contributed by atoms with Crippen LogP contribution >= 0.6 is 0 Å². The van der Waals surface area contributed by atoms with Crippen LogP contribution < -0.4 is 16.2 Å². The first-order valence-corrected chi connectivity index (χ1v) is 7.79. The number of hydrazine groups is 1. The number of hydrogen-bond donors (Lipinski definition) is 3. The van der Waals surface area contributed by atoms with E-state index in [1.165, 1.54) is 12.1 Å². The third-order valence-corrected chi connectivity index (χ3v) is 4.08. The highest BCUT2D eigenvalue weighted by atomic mass is 19.1. The van der Waals surface area contributed by atoms with Crippen LogP contribution in [0.25, 0.3) is 0 Å². The fraction of sp³-hybridized carbons (Fsp3) is 0.278. The summed E-state index contributed by atoms with van der Waals surface area (Å²) >= 11 is 0. The van der Waals surface area contributed by atoms with Crippen LogP contribution in [0.3, 0.4) is 0 Å². The van der Waals surface area contributed by atoms with Crippen molar-refractivity contribution in [2.45, 2.75) is 12.5 Å². The third-order valence-electron chi connectivity index (χ3n) is 4.08. The first kappa shape index (κ1) is 15.6. The molecule has 4 nitrogen and oxygen atoms in total. The maximum Gasteiger partial charge on any atom is 0.226 e. The van der Waals surface area contributed by atoms with Crippen molar-refractivity contribution in [1.82, 2.24) is 16.2 Å². The lowest BCUT2D eigenvalue weighted by atomic mass is 9.94. The molecule has 1 aliphatic rings. The highest BCUT2D eigenvalue weighted by Crippen LogP contribution is 2.24. The van der Waals surface area contributed by atoms with Crippen LogP contribution in [0.2, 0.25) is 0 Å². The van der Waals surface area contributed by atoms with Crippen LogP contribution in [0.1, 0.15) is 17.2 Å². The van der Waals surface area contributed by atoms with Gasteiger partial charge in [-0.05, 0) is 29.7 Å². The average molecular weight is 313 g/mol. The summed E-state index contributed by atoms with van der Waals surface area (Å²) in [4.78, 5) is 12.4. The van der Waals surface area contributed by atoms with E-state index >= 15 is 0 Å². The molecular formula is C18H20FN3O.